The maximum absolute atomic E-state index is 4.61. The van der Waals surface area contributed by atoms with Crippen LogP contribution in [0.15, 0.2) is 29.4 Å². The van der Waals surface area contributed by atoms with Crippen molar-refractivity contribution in [3.8, 4) is 0 Å². The SMILES string of the molecule is CCc1ccccc1/C=N/OC. The van der Waals surface area contributed by atoms with Crippen molar-refractivity contribution in [2.24, 2.45) is 5.16 Å². The van der Waals surface area contributed by atoms with Gasteiger partial charge < -0.3 is 4.84 Å². The molecule has 0 aliphatic heterocycles. The van der Waals surface area contributed by atoms with Crippen molar-refractivity contribution in [1.82, 2.24) is 0 Å². The van der Waals surface area contributed by atoms with Crippen LogP contribution in [0.1, 0.15) is 18.1 Å². The Morgan fingerprint density at radius 1 is 1.42 bits per heavy atom. The van der Waals surface area contributed by atoms with Crippen LogP contribution < -0.4 is 0 Å². The van der Waals surface area contributed by atoms with Gasteiger partial charge in [0.2, 0.25) is 0 Å². The van der Waals surface area contributed by atoms with E-state index >= 15 is 0 Å². The van der Waals surface area contributed by atoms with Crippen LogP contribution in [0.5, 0.6) is 0 Å². The lowest BCUT2D eigenvalue weighted by molar-refractivity contribution is 0.215. The molecule has 0 aliphatic carbocycles. The molecule has 0 aromatic heterocycles. The molecule has 0 unspecified atom stereocenters. The minimum Gasteiger partial charge on any atom is -0.399 e. The molecule has 1 aromatic rings. The monoisotopic (exact) mass is 163 g/mol. The van der Waals surface area contributed by atoms with Crippen LogP contribution >= 0.6 is 0 Å². The summed E-state index contributed by atoms with van der Waals surface area (Å²) >= 11 is 0. The van der Waals surface area contributed by atoms with Gasteiger partial charge in [0.25, 0.3) is 0 Å². The Kier molecular flexibility index (Phi) is 3.33. The quantitative estimate of drug-likeness (QED) is 0.494. The average Bonchev–Trinajstić information content (AvgIpc) is 2.15. The molecule has 0 saturated carbocycles. The first-order chi connectivity index (χ1) is 5.88. The summed E-state index contributed by atoms with van der Waals surface area (Å²) in [5.74, 6) is 0. The lowest BCUT2D eigenvalue weighted by atomic mass is 10.1. The van der Waals surface area contributed by atoms with Gasteiger partial charge in [0.1, 0.15) is 7.11 Å². The zero-order valence-electron chi connectivity index (χ0n) is 7.45. The zero-order chi connectivity index (χ0) is 8.81. The summed E-state index contributed by atoms with van der Waals surface area (Å²) in [7, 11) is 1.55. The van der Waals surface area contributed by atoms with Crippen LogP contribution in [-0.2, 0) is 11.3 Å². The van der Waals surface area contributed by atoms with E-state index in [-0.39, 0.29) is 0 Å². The van der Waals surface area contributed by atoms with E-state index in [1.807, 2.05) is 18.2 Å². The second-order valence-corrected chi connectivity index (χ2v) is 2.47. The Morgan fingerprint density at radius 3 is 2.83 bits per heavy atom. The Hall–Kier alpha value is -1.31. The highest BCUT2D eigenvalue weighted by Crippen LogP contribution is 2.06. The van der Waals surface area contributed by atoms with Crippen LogP contribution in [0, 0.1) is 0 Å². The zero-order valence-corrected chi connectivity index (χ0v) is 7.45. The Morgan fingerprint density at radius 2 is 2.17 bits per heavy atom. The van der Waals surface area contributed by atoms with Gasteiger partial charge in [-0.15, -0.1) is 0 Å². The van der Waals surface area contributed by atoms with E-state index in [2.05, 4.69) is 23.0 Å². The topological polar surface area (TPSA) is 21.6 Å². The molecule has 1 aromatic carbocycles. The van der Waals surface area contributed by atoms with Crippen LogP contribution in [-0.4, -0.2) is 13.3 Å². The fourth-order valence-electron chi connectivity index (χ4n) is 1.09. The van der Waals surface area contributed by atoms with Gasteiger partial charge in [-0.1, -0.05) is 36.3 Å². The number of nitrogens with zero attached hydrogens (tertiary/aromatic N) is 1. The Labute approximate surface area is 72.9 Å². The molecule has 0 atom stereocenters. The van der Waals surface area contributed by atoms with Crippen LogP contribution in [0.4, 0.5) is 0 Å². The number of hydrogen-bond donors (Lipinski definition) is 0. The van der Waals surface area contributed by atoms with Crippen molar-refractivity contribution in [2.45, 2.75) is 13.3 Å². The van der Waals surface area contributed by atoms with E-state index < -0.39 is 0 Å². The minimum atomic E-state index is 1.02. The highest BCUT2D eigenvalue weighted by Gasteiger charge is 1.94. The first-order valence-corrected chi connectivity index (χ1v) is 4.03. The molecule has 0 heterocycles. The van der Waals surface area contributed by atoms with Gasteiger partial charge in [-0.25, -0.2) is 0 Å². The summed E-state index contributed by atoms with van der Waals surface area (Å²) in [6.45, 7) is 2.12. The van der Waals surface area contributed by atoms with E-state index in [0.29, 0.717) is 0 Å². The van der Waals surface area contributed by atoms with Crippen molar-refractivity contribution >= 4 is 6.21 Å². The minimum absolute atomic E-state index is 1.02. The maximum atomic E-state index is 4.61. The lowest BCUT2D eigenvalue weighted by Crippen LogP contribution is -1.90. The third-order valence-electron chi connectivity index (χ3n) is 1.73. The van der Waals surface area contributed by atoms with Gasteiger partial charge >= 0.3 is 0 Å². The van der Waals surface area contributed by atoms with Crippen LogP contribution in [0.2, 0.25) is 0 Å². The van der Waals surface area contributed by atoms with Crippen molar-refractivity contribution in [3.05, 3.63) is 35.4 Å². The van der Waals surface area contributed by atoms with Crippen molar-refractivity contribution in [3.63, 3.8) is 0 Å². The largest absolute Gasteiger partial charge is 0.399 e. The van der Waals surface area contributed by atoms with Crippen molar-refractivity contribution in [1.29, 1.82) is 0 Å². The molecule has 2 nitrogen and oxygen atoms in total. The predicted octanol–water partition coefficient (Wildman–Crippen LogP) is 2.23. The molecule has 12 heavy (non-hydrogen) atoms. The summed E-state index contributed by atoms with van der Waals surface area (Å²) in [5, 5.41) is 3.73. The second kappa shape index (κ2) is 4.54. The molecule has 0 radical (unpaired) electrons. The van der Waals surface area contributed by atoms with Gasteiger partial charge in [-0.2, -0.15) is 0 Å². The number of aryl methyl sites for hydroxylation is 1. The molecule has 64 valence electrons. The highest BCUT2D eigenvalue weighted by molar-refractivity contribution is 5.81. The maximum Gasteiger partial charge on any atom is 0.106 e. The van der Waals surface area contributed by atoms with Crippen molar-refractivity contribution < 1.29 is 4.84 Å². The highest BCUT2D eigenvalue weighted by atomic mass is 16.6. The molecule has 0 bridgehead atoms. The molecule has 0 saturated heterocycles. The molecular weight excluding hydrogens is 150 g/mol. The molecule has 0 N–H and O–H groups in total. The number of benzene rings is 1. The first-order valence-electron chi connectivity index (χ1n) is 4.03. The molecular formula is C10H13NO. The van der Waals surface area contributed by atoms with Gasteiger partial charge in [0.05, 0.1) is 6.21 Å². The van der Waals surface area contributed by atoms with E-state index in [1.165, 1.54) is 5.56 Å². The van der Waals surface area contributed by atoms with Gasteiger partial charge in [-0.3, -0.25) is 0 Å². The third kappa shape index (κ3) is 2.09. The Bertz CT molecular complexity index is 268. The molecule has 2 heteroatoms. The van der Waals surface area contributed by atoms with E-state index in [0.717, 1.165) is 12.0 Å². The summed E-state index contributed by atoms with van der Waals surface area (Å²) < 4.78 is 0. The molecule has 0 aliphatic rings. The molecule has 0 spiro atoms. The second-order valence-electron chi connectivity index (χ2n) is 2.47. The van der Waals surface area contributed by atoms with Gasteiger partial charge in [0, 0.05) is 0 Å². The standard InChI is InChI=1S/C10H13NO/c1-3-9-6-4-5-7-10(9)8-11-12-2/h4-8H,3H2,1-2H3/b11-8+. The number of hydrogen-bond acceptors (Lipinski definition) is 2. The van der Waals surface area contributed by atoms with Crippen molar-refractivity contribution in [2.75, 3.05) is 7.11 Å². The average molecular weight is 163 g/mol. The molecule has 0 fully saturated rings. The van der Waals surface area contributed by atoms with Gasteiger partial charge in [0.15, 0.2) is 0 Å². The summed E-state index contributed by atoms with van der Waals surface area (Å²) in [5.41, 5.74) is 2.42. The lowest BCUT2D eigenvalue weighted by Gasteiger charge is -2.00. The number of oxime groups is 1. The van der Waals surface area contributed by atoms with Gasteiger partial charge in [-0.05, 0) is 17.5 Å². The predicted molar refractivity (Wildman–Crippen MR) is 50.4 cm³/mol. The van der Waals surface area contributed by atoms with Crippen LogP contribution in [0.3, 0.4) is 0 Å². The molecule has 0 amide bonds. The van der Waals surface area contributed by atoms with E-state index in [1.54, 1.807) is 13.3 Å². The Balaban J connectivity index is 2.89. The van der Waals surface area contributed by atoms with Crippen LogP contribution in [0.25, 0.3) is 0 Å². The van der Waals surface area contributed by atoms with E-state index in [4.69, 9.17) is 0 Å². The number of rotatable bonds is 3. The fraction of sp³-hybridized carbons (Fsp3) is 0.300. The third-order valence-corrected chi connectivity index (χ3v) is 1.73. The molecule has 1 rings (SSSR count). The summed E-state index contributed by atoms with van der Waals surface area (Å²) in [6.07, 6.45) is 2.75. The normalized spacial score (nSPS) is 10.5. The first kappa shape index (κ1) is 8.78. The van der Waals surface area contributed by atoms with E-state index in [9.17, 15) is 0 Å². The smallest absolute Gasteiger partial charge is 0.106 e. The summed E-state index contributed by atoms with van der Waals surface area (Å²) in [6, 6.07) is 8.15. The summed E-state index contributed by atoms with van der Waals surface area (Å²) in [4.78, 5) is 4.61. The fourth-order valence-corrected chi connectivity index (χ4v) is 1.09.